The normalized spacial score (nSPS) is 28.2. The first kappa shape index (κ1) is 17.9. The van der Waals surface area contributed by atoms with E-state index in [0.29, 0.717) is 19.4 Å². The number of hydroxylamine groups is 2. The number of benzene rings is 1. The third-order valence-corrected chi connectivity index (χ3v) is 4.87. The van der Waals surface area contributed by atoms with E-state index >= 15 is 0 Å². The van der Waals surface area contributed by atoms with Gasteiger partial charge in [-0.2, -0.15) is 0 Å². The predicted molar refractivity (Wildman–Crippen MR) is 86.4 cm³/mol. The highest BCUT2D eigenvalue weighted by atomic mass is 16.6. The molecule has 2 rings (SSSR count). The van der Waals surface area contributed by atoms with Crippen molar-refractivity contribution < 1.29 is 19.8 Å². The average Bonchev–Trinajstić information content (AvgIpc) is 2.78. The highest BCUT2D eigenvalue weighted by Gasteiger charge is 2.52. The number of unbranched alkanes of at least 4 members (excludes halogenated alkanes) is 2. The van der Waals surface area contributed by atoms with Crippen LogP contribution in [-0.4, -0.2) is 28.5 Å². The molecule has 127 valence electrons. The Morgan fingerprint density at radius 3 is 2.43 bits per heavy atom. The molecule has 0 spiro atoms. The minimum absolute atomic E-state index is 0.228. The zero-order valence-electron chi connectivity index (χ0n) is 14.2. The Balaban J connectivity index is 2.11. The first-order chi connectivity index (χ1) is 10.8. The van der Waals surface area contributed by atoms with Crippen LogP contribution >= 0.6 is 0 Å². The number of carboxylic acids is 1. The van der Waals surface area contributed by atoms with Crippen molar-refractivity contribution in [2.45, 2.75) is 64.1 Å². The molecule has 0 amide bonds. The highest BCUT2D eigenvalue weighted by Crippen LogP contribution is 2.46. The van der Waals surface area contributed by atoms with Gasteiger partial charge in [0.05, 0.1) is 11.1 Å². The lowest BCUT2D eigenvalue weighted by Crippen LogP contribution is -2.48. The maximum atomic E-state index is 12.9. The van der Waals surface area contributed by atoms with Gasteiger partial charge in [0.1, 0.15) is 5.72 Å². The summed E-state index contributed by atoms with van der Waals surface area (Å²) in [6.45, 7) is 6.48. The molecule has 5 nitrogen and oxygen atoms in total. The minimum Gasteiger partial charge on any atom is -0.478 e. The van der Waals surface area contributed by atoms with Crippen molar-refractivity contribution in [1.29, 1.82) is 0 Å². The van der Waals surface area contributed by atoms with Crippen molar-refractivity contribution >= 4 is 5.97 Å². The maximum absolute atomic E-state index is 12.9. The van der Waals surface area contributed by atoms with Crippen molar-refractivity contribution in [1.82, 2.24) is 5.06 Å². The Labute approximate surface area is 137 Å². The molecule has 1 aromatic rings. The van der Waals surface area contributed by atoms with Gasteiger partial charge < -0.3 is 9.84 Å². The van der Waals surface area contributed by atoms with Crippen molar-refractivity contribution in [3.8, 4) is 0 Å². The molecule has 23 heavy (non-hydrogen) atoms. The molecule has 1 aliphatic rings. The maximum Gasteiger partial charge on any atom is 0.335 e. The van der Waals surface area contributed by atoms with E-state index < -0.39 is 17.2 Å². The summed E-state index contributed by atoms with van der Waals surface area (Å²) in [4.78, 5) is 11.0. The number of ether oxygens (including phenoxy) is 1. The molecule has 0 aromatic heterocycles. The Hall–Kier alpha value is -1.43. The van der Waals surface area contributed by atoms with Gasteiger partial charge >= 0.3 is 5.97 Å². The van der Waals surface area contributed by atoms with Gasteiger partial charge in [-0.25, -0.2) is 4.79 Å². The Morgan fingerprint density at radius 2 is 1.87 bits per heavy atom. The number of hydrogen-bond donors (Lipinski definition) is 1. The van der Waals surface area contributed by atoms with Gasteiger partial charge in [0, 0.05) is 6.61 Å². The molecule has 2 atom stereocenters. The van der Waals surface area contributed by atoms with Crippen molar-refractivity contribution in [3.05, 3.63) is 35.4 Å². The summed E-state index contributed by atoms with van der Waals surface area (Å²) < 4.78 is 5.90. The standard InChI is InChI=1S/C18H26NO4/c1-4-5-6-13-23-18(3)12-11-17(2,19(18)22)15-9-7-14(8-10-15)16(20)21/h7-10H,4-6,11-13H2,1-3H3,(H,20,21)/t17-,18+/m0/s1. The summed E-state index contributed by atoms with van der Waals surface area (Å²) in [5.41, 5.74) is -0.436. The fourth-order valence-electron chi connectivity index (χ4n) is 3.21. The van der Waals surface area contributed by atoms with Crippen molar-refractivity contribution in [2.24, 2.45) is 0 Å². The summed E-state index contributed by atoms with van der Waals surface area (Å²) in [5, 5.41) is 23.0. The zero-order valence-corrected chi connectivity index (χ0v) is 14.2. The van der Waals surface area contributed by atoms with Crippen LogP contribution in [0.3, 0.4) is 0 Å². The Bertz CT molecular complexity index is 544. The van der Waals surface area contributed by atoms with Crippen LogP contribution < -0.4 is 0 Å². The van der Waals surface area contributed by atoms with Gasteiger partial charge in [-0.15, -0.1) is 10.3 Å². The van der Waals surface area contributed by atoms with Crippen molar-refractivity contribution in [2.75, 3.05) is 6.61 Å². The summed E-state index contributed by atoms with van der Waals surface area (Å²) in [5.74, 6) is -0.962. The van der Waals surface area contributed by atoms with E-state index in [1.807, 2.05) is 13.8 Å². The first-order valence-electron chi connectivity index (χ1n) is 8.29. The lowest BCUT2D eigenvalue weighted by molar-refractivity contribution is -0.327. The molecule has 1 saturated heterocycles. The molecule has 0 saturated carbocycles. The number of carboxylic acid groups (broad SMARTS) is 1. The fraction of sp³-hybridized carbons (Fsp3) is 0.611. The summed E-state index contributed by atoms with van der Waals surface area (Å²) in [6, 6.07) is 6.57. The van der Waals surface area contributed by atoms with E-state index in [4.69, 9.17) is 9.84 Å². The molecule has 0 bridgehead atoms. The summed E-state index contributed by atoms with van der Waals surface area (Å²) in [6.07, 6.45) is 4.54. The van der Waals surface area contributed by atoms with E-state index in [-0.39, 0.29) is 5.56 Å². The molecular formula is C18H26NO4. The Morgan fingerprint density at radius 1 is 1.22 bits per heavy atom. The predicted octanol–water partition coefficient (Wildman–Crippen LogP) is 3.96. The molecule has 1 aliphatic heterocycles. The second kappa shape index (κ2) is 6.99. The monoisotopic (exact) mass is 320 g/mol. The molecule has 1 radical (unpaired) electrons. The molecule has 1 N–H and O–H groups in total. The number of hydrogen-bond acceptors (Lipinski definition) is 3. The molecule has 1 heterocycles. The first-order valence-corrected chi connectivity index (χ1v) is 8.29. The summed E-state index contributed by atoms with van der Waals surface area (Å²) >= 11 is 0. The van der Waals surface area contributed by atoms with E-state index in [2.05, 4.69) is 6.92 Å². The van der Waals surface area contributed by atoms with Crippen LogP contribution in [0.15, 0.2) is 24.3 Å². The molecule has 1 aromatic carbocycles. The number of rotatable bonds is 7. The largest absolute Gasteiger partial charge is 0.478 e. The van der Waals surface area contributed by atoms with Gasteiger partial charge in [0.15, 0.2) is 0 Å². The van der Waals surface area contributed by atoms with E-state index in [0.717, 1.165) is 29.9 Å². The number of nitrogens with zero attached hydrogens (tertiary/aromatic N) is 1. The van der Waals surface area contributed by atoms with Crippen molar-refractivity contribution in [3.63, 3.8) is 0 Å². The van der Waals surface area contributed by atoms with Gasteiger partial charge in [-0.3, -0.25) is 0 Å². The molecule has 0 aliphatic carbocycles. The highest BCUT2D eigenvalue weighted by molar-refractivity contribution is 5.87. The van der Waals surface area contributed by atoms with Crippen LogP contribution in [0.25, 0.3) is 0 Å². The van der Waals surface area contributed by atoms with Gasteiger partial charge in [-0.05, 0) is 50.8 Å². The number of aromatic carboxylic acids is 1. The third-order valence-electron chi connectivity index (χ3n) is 4.87. The number of carbonyl (C=O) groups is 1. The van der Waals surface area contributed by atoms with Gasteiger partial charge in [0.25, 0.3) is 0 Å². The van der Waals surface area contributed by atoms with E-state index in [1.165, 1.54) is 0 Å². The smallest absolute Gasteiger partial charge is 0.335 e. The Kier molecular flexibility index (Phi) is 5.45. The quantitative estimate of drug-likeness (QED) is 0.772. The summed E-state index contributed by atoms with van der Waals surface area (Å²) in [7, 11) is 0. The second-order valence-corrected chi connectivity index (χ2v) is 6.68. The van der Waals surface area contributed by atoms with Crippen LogP contribution in [0, 0.1) is 0 Å². The third kappa shape index (κ3) is 3.57. The lowest BCUT2D eigenvalue weighted by atomic mass is 9.90. The minimum atomic E-state index is -0.962. The van der Waals surface area contributed by atoms with Crippen LogP contribution in [0.4, 0.5) is 0 Å². The molecule has 0 unspecified atom stereocenters. The topological polar surface area (TPSA) is 69.7 Å². The van der Waals surface area contributed by atoms with Gasteiger partial charge in [-0.1, -0.05) is 31.9 Å². The SMILES string of the molecule is CCCCCO[C@]1(C)CC[C@@](C)(c2ccc(C(=O)O)cc2)N1[O]. The molecular weight excluding hydrogens is 294 g/mol. The van der Waals surface area contributed by atoms with Crippen LogP contribution in [0.1, 0.15) is 68.8 Å². The van der Waals surface area contributed by atoms with Gasteiger partial charge in [0.2, 0.25) is 0 Å². The molecule has 1 fully saturated rings. The fourth-order valence-corrected chi connectivity index (χ4v) is 3.21. The van der Waals surface area contributed by atoms with E-state index in [9.17, 15) is 10.0 Å². The van der Waals surface area contributed by atoms with E-state index in [1.54, 1.807) is 24.3 Å². The average molecular weight is 320 g/mol. The lowest BCUT2D eigenvalue weighted by Gasteiger charge is -2.37. The zero-order chi connectivity index (χ0) is 17.1. The van der Waals surface area contributed by atoms with Crippen LogP contribution in [-0.2, 0) is 15.5 Å². The second-order valence-electron chi connectivity index (χ2n) is 6.68. The van der Waals surface area contributed by atoms with Crippen LogP contribution in [0.5, 0.6) is 0 Å². The molecule has 5 heteroatoms. The van der Waals surface area contributed by atoms with Crippen LogP contribution in [0.2, 0.25) is 0 Å².